The van der Waals surface area contributed by atoms with E-state index in [0.29, 0.717) is 35.5 Å². The maximum atomic E-state index is 6.01. The third-order valence-electron chi connectivity index (χ3n) is 2.24. The largest absolute Gasteiger partial charge is 0.367 e. The van der Waals surface area contributed by atoms with Crippen molar-refractivity contribution in [1.29, 1.82) is 0 Å². The molecule has 0 aliphatic heterocycles. The molecule has 0 fully saturated rings. The molecule has 0 amide bonds. The summed E-state index contributed by atoms with van der Waals surface area (Å²) in [7, 11) is 0. The average Bonchev–Trinajstić information content (AvgIpc) is 2.42. The fraction of sp³-hybridized carbons (Fsp3) is 0.385. The van der Waals surface area contributed by atoms with Gasteiger partial charge in [0.05, 0.1) is 16.6 Å². The maximum absolute atomic E-state index is 6.01. The first-order valence-corrected chi connectivity index (χ1v) is 7.11. The third kappa shape index (κ3) is 8.33. The van der Waals surface area contributed by atoms with Crippen molar-refractivity contribution < 1.29 is 0 Å². The van der Waals surface area contributed by atoms with Crippen molar-refractivity contribution in [1.82, 2.24) is 15.6 Å². The Hall–Kier alpha value is -0.730. The van der Waals surface area contributed by atoms with Crippen molar-refractivity contribution in [3.05, 3.63) is 35.0 Å². The summed E-state index contributed by atoms with van der Waals surface area (Å²) in [5, 5.41) is 10.4. The van der Waals surface area contributed by atoms with Crippen molar-refractivity contribution >= 4 is 59.0 Å². The van der Waals surface area contributed by atoms with E-state index in [1.54, 1.807) is 18.3 Å². The van der Waals surface area contributed by atoms with Crippen molar-refractivity contribution in [2.75, 3.05) is 31.5 Å². The number of rotatable bonds is 7. The van der Waals surface area contributed by atoms with Gasteiger partial charge in [-0.05, 0) is 13.0 Å². The average molecular weight is 444 g/mol. The summed E-state index contributed by atoms with van der Waals surface area (Å²) in [6, 6.07) is 1.65. The molecule has 1 heterocycles. The van der Waals surface area contributed by atoms with E-state index in [1.165, 1.54) is 0 Å². The van der Waals surface area contributed by atoms with Gasteiger partial charge in [0.15, 0.2) is 5.96 Å². The second kappa shape index (κ2) is 11.9. The van der Waals surface area contributed by atoms with Crippen molar-refractivity contribution in [2.45, 2.75) is 6.92 Å². The molecular formula is C13H20Cl2IN5. The molecule has 5 nitrogen and oxygen atoms in total. The van der Waals surface area contributed by atoms with Crippen LogP contribution in [0.15, 0.2) is 29.9 Å². The monoisotopic (exact) mass is 443 g/mol. The highest BCUT2D eigenvalue weighted by Gasteiger charge is 2.01. The van der Waals surface area contributed by atoms with E-state index >= 15 is 0 Å². The van der Waals surface area contributed by atoms with Crippen LogP contribution in [0.5, 0.6) is 0 Å². The highest BCUT2D eigenvalue weighted by Crippen LogP contribution is 2.21. The van der Waals surface area contributed by atoms with Crippen molar-refractivity contribution in [3.63, 3.8) is 0 Å². The molecule has 0 aromatic carbocycles. The predicted octanol–water partition coefficient (Wildman–Crippen LogP) is 3.16. The lowest BCUT2D eigenvalue weighted by Crippen LogP contribution is -2.37. The van der Waals surface area contributed by atoms with E-state index in [4.69, 9.17) is 23.2 Å². The van der Waals surface area contributed by atoms with E-state index < -0.39 is 0 Å². The molecule has 1 aromatic heterocycles. The second-order valence-corrected chi connectivity index (χ2v) is 4.68. The summed E-state index contributed by atoms with van der Waals surface area (Å²) in [4.78, 5) is 8.51. The number of nitrogens with one attached hydrogen (secondary N) is 3. The zero-order valence-corrected chi connectivity index (χ0v) is 15.7. The SMILES string of the molecule is C=CCNC(=NCCNc1ncc(Cl)cc1Cl)NCC.I. The van der Waals surface area contributed by atoms with E-state index in [-0.39, 0.29) is 24.0 Å². The van der Waals surface area contributed by atoms with Gasteiger partial charge in [-0.2, -0.15) is 0 Å². The van der Waals surface area contributed by atoms with Crippen molar-refractivity contribution in [3.8, 4) is 0 Å². The van der Waals surface area contributed by atoms with Crippen LogP contribution in [0.4, 0.5) is 5.82 Å². The number of aromatic nitrogens is 1. The Morgan fingerprint density at radius 3 is 2.81 bits per heavy atom. The molecule has 21 heavy (non-hydrogen) atoms. The Kier molecular flexibility index (Phi) is 11.5. The molecular weight excluding hydrogens is 424 g/mol. The van der Waals surface area contributed by atoms with Gasteiger partial charge < -0.3 is 16.0 Å². The number of anilines is 1. The van der Waals surface area contributed by atoms with Crippen molar-refractivity contribution in [2.24, 2.45) is 4.99 Å². The number of hydrogen-bond acceptors (Lipinski definition) is 3. The lowest BCUT2D eigenvalue weighted by atomic mass is 10.4. The highest BCUT2D eigenvalue weighted by atomic mass is 127. The molecule has 0 unspecified atom stereocenters. The number of aliphatic imine (C=N–C) groups is 1. The fourth-order valence-electron chi connectivity index (χ4n) is 1.40. The molecule has 0 radical (unpaired) electrons. The molecule has 118 valence electrons. The van der Waals surface area contributed by atoms with Crippen LogP contribution in [-0.4, -0.2) is 37.1 Å². The van der Waals surface area contributed by atoms with Gasteiger partial charge in [0.25, 0.3) is 0 Å². The Bertz CT molecular complexity index is 468. The van der Waals surface area contributed by atoms with Crippen LogP contribution in [0.2, 0.25) is 10.0 Å². The predicted molar refractivity (Wildman–Crippen MR) is 102 cm³/mol. The number of halogens is 3. The van der Waals surface area contributed by atoms with E-state index in [1.807, 2.05) is 6.92 Å². The Morgan fingerprint density at radius 2 is 2.19 bits per heavy atom. The topological polar surface area (TPSA) is 61.3 Å². The minimum Gasteiger partial charge on any atom is -0.367 e. The van der Waals surface area contributed by atoms with Gasteiger partial charge in [-0.3, -0.25) is 4.99 Å². The van der Waals surface area contributed by atoms with Crippen LogP contribution < -0.4 is 16.0 Å². The molecule has 0 saturated heterocycles. The molecule has 8 heteroatoms. The normalized spacial score (nSPS) is 10.5. The van der Waals surface area contributed by atoms with E-state index in [0.717, 1.165) is 12.5 Å². The Labute approximate surface area is 152 Å². The first kappa shape index (κ1) is 20.3. The van der Waals surface area contributed by atoms with Crippen LogP contribution in [-0.2, 0) is 0 Å². The molecule has 0 spiro atoms. The van der Waals surface area contributed by atoms with Gasteiger partial charge in [0, 0.05) is 25.8 Å². The molecule has 0 aliphatic carbocycles. The molecule has 1 rings (SSSR count). The van der Waals surface area contributed by atoms with Gasteiger partial charge in [-0.1, -0.05) is 29.3 Å². The zero-order chi connectivity index (χ0) is 14.8. The Balaban J connectivity index is 0.00000400. The number of guanidine groups is 1. The summed E-state index contributed by atoms with van der Waals surface area (Å²) < 4.78 is 0. The van der Waals surface area contributed by atoms with Crippen LogP contribution in [0.3, 0.4) is 0 Å². The van der Waals surface area contributed by atoms with E-state index in [2.05, 4.69) is 32.5 Å². The summed E-state index contributed by atoms with van der Waals surface area (Å²) >= 11 is 11.8. The molecule has 1 aromatic rings. The smallest absolute Gasteiger partial charge is 0.191 e. The Morgan fingerprint density at radius 1 is 1.43 bits per heavy atom. The zero-order valence-electron chi connectivity index (χ0n) is 11.8. The second-order valence-electron chi connectivity index (χ2n) is 3.84. The first-order valence-electron chi connectivity index (χ1n) is 6.35. The lowest BCUT2D eigenvalue weighted by molar-refractivity contribution is 0.859. The first-order chi connectivity index (χ1) is 9.67. The molecule has 3 N–H and O–H groups in total. The van der Waals surface area contributed by atoms with Crippen LogP contribution in [0, 0.1) is 0 Å². The van der Waals surface area contributed by atoms with Crippen LogP contribution in [0.1, 0.15) is 6.92 Å². The van der Waals surface area contributed by atoms with Gasteiger partial charge in [0.2, 0.25) is 0 Å². The summed E-state index contributed by atoms with van der Waals surface area (Å²) in [5.41, 5.74) is 0. The quantitative estimate of drug-likeness (QED) is 0.199. The number of pyridine rings is 1. The summed E-state index contributed by atoms with van der Waals surface area (Å²) in [6.45, 7) is 8.36. The number of hydrogen-bond donors (Lipinski definition) is 3. The molecule has 0 saturated carbocycles. The van der Waals surface area contributed by atoms with Gasteiger partial charge in [-0.25, -0.2) is 4.98 Å². The maximum Gasteiger partial charge on any atom is 0.191 e. The van der Waals surface area contributed by atoms with Gasteiger partial charge in [-0.15, -0.1) is 30.6 Å². The van der Waals surface area contributed by atoms with Crippen LogP contribution >= 0.6 is 47.2 Å². The van der Waals surface area contributed by atoms with E-state index in [9.17, 15) is 0 Å². The van der Waals surface area contributed by atoms with Gasteiger partial charge >= 0.3 is 0 Å². The fourth-order valence-corrected chi connectivity index (χ4v) is 1.84. The minimum absolute atomic E-state index is 0. The highest BCUT2D eigenvalue weighted by molar-refractivity contribution is 14.0. The standard InChI is InChI=1S/C13H19Cl2N5.HI/c1-3-5-18-13(16-4-2)19-7-6-17-12-11(15)8-10(14)9-20-12;/h3,8-9H,1,4-7H2,2H3,(H,17,20)(H2,16,18,19);1H. The molecule has 0 aliphatic rings. The summed E-state index contributed by atoms with van der Waals surface area (Å²) in [6.07, 6.45) is 3.33. The minimum atomic E-state index is 0. The third-order valence-corrected chi connectivity index (χ3v) is 2.73. The van der Waals surface area contributed by atoms with Crippen LogP contribution in [0.25, 0.3) is 0 Å². The molecule has 0 bridgehead atoms. The van der Waals surface area contributed by atoms with Gasteiger partial charge in [0.1, 0.15) is 5.82 Å². The molecule has 0 atom stereocenters. The number of nitrogens with zero attached hydrogens (tertiary/aromatic N) is 2. The lowest BCUT2D eigenvalue weighted by Gasteiger charge is -2.10. The summed E-state index contributed by atoms with van der Waals surface area (Å²) in [5.74, 6) is 1.36.